The van der Waals surface area contributed by atoms with E-state index in [1.807, 2.05) is 25.1 Å². The third-order valence-corrected chi connectivity index (χ3v) is 4.39. The standard InChI is InChI=1S/C17H21NO4/c1-12-9-14-10-13(3-4-15(14)22-12)16(20)18-7-2-5-17(21,11-19)6-8-18/h3-4,9-10,19,21H,2,5-8,11H2,1H3/t17-/m1/s1. The van der Waals surface area contributed by atoms with Crippen LogP contribution in [0.15, 0.2) is 28.7 Å². The third-order valence-electron chi connectivity index (χ3n) is 4.39. The average molecular weight is 303 g/mol. The minimum absolute atomic E-state index is 0.0389. The summed E-state index contributed by atoms with van der Waals surface area (Å²) < 4.78 is 5.52. The van der Waals surface area contributed by atoms with Gasteiger partial charge in [0.15, 0.2) is 0 Å². The van der Waals surface area contributed by atoms with Crippen molar-refractivity contribution in [1.29, 1.82) is 0 Å². The normalized spacial score (nSPS) is 22.8. The van der Waals surface area contributed by atoms with E-state index < -0.39 is 5.60 Å². The number of benzene rings is 1. The number of carbonyl (C=O) groups excluding carboxylic acids is 1. The van der Waals surface area contributed by atoms with Crippen LogP contribution in [0.3, 0.4) is 0 Å². The minimum Gasteiger partial charge on any atom is -0.461 e. The molecule has 0 spiro atoms. The van der Waals surface area contributed by atoms with Crippen LogP contribution in [0.2, 0.25) is 0 Å². The van der Waals surface area contributed by atoms with E-state index in [1.165, 1.54) is 0 Å². The Morgan fingerprint density at radius 2 is 2.14 bits per heavy atom. The van der Waals surface area contributed by atoms with Gasteiger partial charge in [-0.3, -0.25) is 4.79 Å². The molecule has 1 aliphatic rings. The lowest BCUT2D eigenvalue weighted by Crippen LogP contribution is -2.36. The lowest BCUT2D eigenvalue weighted by molar-refractivity contribution is -0.0250. The molecule has 1 aromatic carbocycles. The highest BCUT2D eigenvalue weighted by molar-refractivity contribution is 5.97. The van der Waals surface area contributed by atoms with Crippen molar-refractivity contribution in [2.45, 2.75) is 31.8 Å². The fourth-order valence-corrected chi connectivity index (χ4v) is 3.03. The number of likely N-dealkylation sites (tertiary alicyclic amines) is 1. The Morgan fingerprint density at radius 3 is 2.91 bits per heavy atom. The first-order valence-electron chi connectivity index (χ1n) is 7.63. The minimum atomic E-state index is -1.05. The van der Waals surface area contributed by atoms with Crippen molar-refractivity contribution in [3.05, 3.63) is 35.6 Å². The van der Waals surface area contributed by atoms with Crippen LogP contribution < -0.4 is 0 Å². The van der Waals surface area contributed by atoms with Crippen molar-refractivity contribution in [3.8, 4) is 0 Å². The number of hydrogen-bond acceptors (Lipinski definition) is 4. The summed E-state index contributed by atoms with van der Waals surface area (Å²) in [7, 11) is 0. The number of carbonyl (C=O) groups is 1. The second-order valence-electron chi connectivity index (χ2n) is 6.14. The molecule has 0 radical (unpaired) electrons. The molecular weight excluding hydrogens is 282 g/mol. The van der Waals surface area contributed by atoms with E-state index in [4.69, 9.17) is 4.42 Å². The maximum absolute atomic E-state index is 12.7. The van der Waals surface area contributed by atoms with Crippen molar-refractivity contribution >= 4 is 16.9 Å². The van der Waals surface area contributed by atoms with Crippen molar-refractivity contribution < 1.29 is 19.4 Å². The second kappa shape index (κ2) is 5.74. The van der Waals surface area contributed by atoms with Crippen LogP contribution in [0.25, 0.3) is 11.0 Å². The zero-order chi connectivity index (χ0) is 15.7. The molecule has 0 bridgehead atoms. The van der Waals surface area contributed by atoms with Gasteiger partial charge in [0, 0.05) is 24.0 Å². The molecule has 118 valence electrons. The smallest absolute Gasteiger partial charge is 0.253 e. The first-order valence-corrected chi connectivity index (χ1v) is 7.63. The molecule has 0 saturated carbocycles. The Bertz CT molecular complexity index is 693. The molecule has 5 heteroatoms. The van der Waals surface area contributed by atoms with E-state index in [0.717, 1.165) is 16.7 Å². The van der Waals surface area contributed by atoms with Crippen molar-refractivity contribution in [2.24, 2.45) is 0 Å². The van der Waals surface area contributed by atoms with Crippen LogP contribution in [0.1, 0.15) is 35.4 Å². The zero-order valence-corrected chi connectivity index (χ0v) is 12.7. The van der Waals surface area contributed by atoms with Gasteiger partial charge in [0.25, 0.3) is 5.91 Å². The van der Waals surface area contributed by atoms with Crippen LogP contribution in [-0.2, 0) is 0 Å². The average Bonchev–Trinajstić information content (AvgIpc) is 2.76. The van der Waals surface area contributed by atoms with Crippen molar-refractivity contribution in [3.63, 3.8) is 0 Å². The Morgan fingerprint density at radius 1 is 1.32 bits per heavy atom. The van der Waals surface area contributed by atoms with E-state index in [9.17, 15) is 15.0 Å². The molecule has 5 nitrogen and oxygen atoms in total. The monoisotopic (exact) mass is 303 g/mol. The first kappa shape index (κ1) is 15.1. The molecule has 1 fully saturated rings. The Hall–Kier alpha value is -1.85. The van der Waals surface area contributed by atoms with Gasteiger partial charge in [0.05, 0.1) is 12.2 Å². The predicted molar refractivity (Wildman–Crippen MR) is 82.7 cm³/mol. The van der Waals surface area contributed by atoms with Crippen LogP contribution in [-0.4, -0.2) is 46.3 Å². The summed E-state index contributed by atoms with van der Waals surface area (Å²) in [6, 6.07) is 7.35. The fraction of sp³-hybridized carbons (Fsp3) is 0.471. The van der Waals surface area contributed by atoms with E-state index in [-0.39, 0.29) is 12.5 Å². The van der Waals surface area contributed by atoms with Gasteiger partial charge in [-0.25, -0.2) is 0 Å². The van der Waals surface area contributed by atoms with E-state index in [0.29, 0.717) is 37.9 Å². The van der Waals surface area contributed by atoms with Gasteiger partial charge in [-0.1, -0.05) is 0 Å². The van der Waals surface area contributed by atoms with Crippen LogP contribution >= 0.6 is 0 Å². The Balaban J connectivity index is 1.79. The van der Waals surface area contributed by atoms with E-state index >= 15 is 0 Å². The summed E-state index contributed by atoms with van der Waals surface area (Å²) in [5.41, 5.74) is 0.350. The van der Waals surface area contributed by atoms with Gasteiger partial charge in [-0.2, -0.15) is 0 Å². The Labute approximate surface area is 129 Å². The maximum atomic E-state index is 12.7. The number of rotatable bonds is 2. The van der Waals surface area contributed by atoms with Gasteiger partial charge in [0.1, 0.15) is 11.3 Å². The van der Waals surface area contributed by atoms with Gasteiger partial charge in [-0.05, 0) is 50.5 Å². The molecule has 2 N–H and O–H groups in total. The summed E-state index contributed by atoms with van der Waals surface area (Å²) in [4.78, 5) is 14.4. The highest BCUT2D eigenvalue weighted by Gasteiger charge is 2.31. The topological polar surface area (TPSA) is 73.9 Å². The summed E-state index contributed by atoms with van der Waals surface area (Å²) in [5, 5.41) is 20.4. The number of hydrogen-bond donors (Lipinski definition) is 2. The van der Waals surface area contributed by atoms with E-state index in [1.54, 1.807) is 11.0 Å². The first-order chi connectivity index (χ1) is 10.5. The molecule has 0 aliphatic carbocycles. The molecule has 3 rings (SSSR count). The predicted octanol–water partition coefficient (Wildman–Crippen LogP) is 2.09. The second-order valence-corrected chi connectivity index (χ2v) is 6.14. The molecule has 2 heterocycles. The summed E-state index contributed by atoms with van der Waals surface area (Å²) in [6.45, 7) is 2.68. The summed E-state index contributed by atoms with van der Waals surface area (Å²) in [6.07, 6.45) is 1.62. The van der Waals surface area contributed by atoms with Crippen LogP contribution in [0.4, 0.5) is 0 Å². The van der Waals surface area contributed by atoms with Gasteiger partial charge in [-0.15, -0.1) is 0 Å². The quantitative estimate of drug-likeness (QED) is 0.891. The number of aliphatic hydroxyl groups is 2. The molecule has 1 atom stereocenters. The van der Waals surface area contributed by atoms with Crippen LogP contribution in [0, 0.1) is 6.92 Å². The number of fused-ring (bicyclic) bond motifs is 1. The molecule has 1 amide bonds. The number of amides is 1. The SMILES string of the molecule is Cc1cc2cc(C(=O)N3CCC[C@](O)(CO)CC3)ccc2o1. The molecule has 2 aromatic rings. The van der Waals surface area contributed by atoms with E-state index in [2.05, 4.69) is 0 Å². The van der Waals surface area contributed by atoms with Gasteiger partial charge < -0.3 is 19.5 Å². The zero-order valence-electron chi connectivity index (χ0n) is 12.7. The van der Waals surface area contributed by atoms with Gasteiger partial charge >= 0.3 is 0 Å². The van der Waals surface area contributed by atoms with Gasteiger partial charge in [0.2, 0.25) is 0 Å². The molecule has 1 aromatic heterocycles. The summed E-state index contributed by atoms with van der Waals surface area (Å²) in [5.74, 6) is 0.783. The molecule has 0 unspecified atom stereocenters. The lowest BCUT2D eigenvalue weighted by Gasteiger charge is -2.24. The molecule has 22 heavy (non-hydrogen) atoms. The third kappa shape index (κ3) is 2.87. The number of aliphatic hydroxyl groups excluding tert-OH is 1. The summed E-state index contributed by atoms with van der Waals surface area (Å²) >= 11 is 0. The molecule has 1 saturated heterocycles. The lowest BCUT2D eigenvalue weighted by atomic mass is 9.96. The number of furan rings is 1. The fourth-order valence-electron chi connectivity index (χ4n) is 3.03. The highest BCUT2D eigenvalue weighted by atomic mass is 16.3. The Kier molecular flexibility index (Phi) is 3.93. The largest absolute Gasteiger partial charge is 0.461 e. The number of nitrogens with zero attached hydrogens (tertiary/aromatic N) is 1. The molecular formula is C17H21NO4. The number of aryl methyl sites for hydroxylation is 1. The van der Waals surface area contributed by atoms with Crippen molar-refractivity contribution in [2.75, 3.05) is 19.7 Å². The maximum Gasteiger partial charge on any atom is 0.253 e. The van der Waals surface area contributed by atoms with Crippen molar-refractivity contribution in [1.82, 2.24) is 4.90 Å². The van der Waals surface area contributed by atoms with Crippen LogP contribution in [0.5, 0.6) is 0 Å². The highest BCUT2D eigenvalue weighted by Crippen LogP contribution is 2.24. The molecule has 1 aliphatic heterocycles.